The molecule has 1 saturated carbocycles. The maximum absolute atomic E-state index is 15.3. The Kier molecular flexibility index (Phi) is 12.2. The third kappa shape index (κ3) is 9.15. The number of amides is 1. The molecule has 0 bridgehead atoms. The summed E-state index contributed by atoms with van der Waals surface area (Å²) in [6.45, 7) is 26.7. The summed E-state index contributed by atoms with van der Waals surface area (Å²) in [5.74, 6) is -1.13. The lowest BCUT2D eigenvalue weighted by molar-refractivity contribution is -0.164. The fraction of sp³-hybridized carbons (Fsp3) is 0.490. The van der Waals surface area contributed by atoms with Gasteiger partial charge in [-0.15, -0.1) is 9.73 Å². The van der Waals surface area contributed by atoms with Crippen molar-refractivity contribution in [2.24, 2.45) is 39.0 Å². The third-order valence-electron chi connectivity index (χ3n) is 13.4. The number of ether oxygens (including phenoxy) is 1. The first-order valence-electron chi connectivity index (χ1n) is 22.7. The number of benzene rings is 2. The smallest absolute Gasteiger partial charge is 0.342 e. The number of aliphatic imine (C=N–C) groups is 1. The Morgan fingerprint density at radius 2 is 1.44 bits per heavy atom. The number of carbonyl (C=O) groups is 3. The van der Waals surface area contributed by atoms with Gasteiger partial charge in [0, 0.05) is 39.5 Å². The number of aromatic amines is 1. The molecule has 2 unspecified atom stereocenters. The number of aliphatic hydroxyl groups is 1. The normalized spacial score (nSPS) is 22.2. The minimum Gasteiger partial charge on any atom is -0.506 e. The fourth-order valence-corrected chi connectivity index (χ4v) is 9.85. The van der Waals surface area contributed by atoms with Gasteiger partial charge in [0.05, 0.1) is 34.4 Å². The van der Waals surface area contributed by atoms with Crippen LogP contribution >= 0.6 is 0 Å². The highest BCUT2D eigenvalue weighted by Gasteiger charge is 2.50. The summed E-state index contributed by atoms with van der Waals surface area (Å²) in [6, 6.07) is 15.7. The van der Waals surface area contributed by atoms with E-state index in [-0.39, 0.29) is 68.2 Å². The average molecular weight is 920 g/mol. The number of nitrogens with one attached hydrogen (secondary N) is 3. The number of hydrogen-bond donors (Lipinski definition) is 4. The third-order valence-corrected chi connectivity index (χ3v) is 14.0. The van der Waals surface area contributed by atoms with Crippen LogP contribution in [0.2, 0.25) is 0 Å². The van der Waals surface area contributed by atoms with E-state index < -0.39 is 38.7 Å². The standard InChI is InChI=1S/C51H65N7O7S/c1-15-51(12,13)47(62)54-44-36(46(61)65-41-31(48(3,4)5)25-27(2)26-32(41)49(6,7)8)33(28-19-17-16-18-20-28)38(52-44)37-39(59)34(40(37)60)35-42(50(9,10)11)55-58-45(35)53-43(56-58)29-21-23-30(24-22-29)57-66(14,63)64/h16-24,27,31-32,41,57,59H,15,25-26H2,1-14H3,(H,53,56)(H,52,54,62)/b38-37+. The van der Waals surface area contributed by atoms with Gasteiger partial charge in [-0.25, -0.2) is 18.2 Å². The van der Waals surface area contributed by atoms with Crippen molar-refractivity contribution in [1.29, 1.82) is 0 Å². The summed E-state index contributed by atoms with van der Waals surface area (Å²) in [7, 11) is -3.49. The van der Waals surface area contributed by atoms with Gasteiger partial charge in [-0.2, -0.15) is 5.10 Å². The zero-order valence-electron chi connectivity index (χ0n) is 40.7. The monoisotopic (exact) mass is 919 g/mol. The Labute approximate surface area is 388 Å². The van der Waals surface area contributed by atoms with Gasteiger partial charge in [0.2, 0.25) is 21.7 Å². The molecule has 1 aliphatic heterocycles. The van der Waals surface area contributed by atoms with Crippen LogP contribution in [0.1, 0.15) is 126 Å². The molecule has 3 aliphatic rings. The summed E-state index contributed by atoms with van der Waals surface area (Å²) >= 11 is 0. The van der Waals surface area contributed by atoms with E-state index in [0.29, 0.717) is 51.9 Å². The number of ketones is 1. The number of Topliss-reactive ketones (excluding diaryl/α,β-unsaturated/α-hetero) is 1. The highest BCUT2D eigenvalue weighted by Crippen LogP contribution is 2.51. The molecule has 4 N–H and O–H groups in total. The lowest BCUT2D eigenvalue weighted by Crippen LogP contribution is -2.50. The highest BCUT2D eigenvalue weighted by atomic mass is 32.2. The number of allylic oxidation sites excluding steroid dienone is 3. The molecule has 0 radical (unpaired) electrons. The molecule has 66 heavy (non-hydrogen) atoms. The molecule has 2 atom stereocenters. The lowest BCUT2D eigenvalue weighted by Gasteiger charge is -2.50. The largest absolute Gasteiger partial charge is 0.506 e. The molecule has 14 nitrogen and oxygen atoms in total. The Morgan fingerprint density at radius 1 is 0.848 bits per heavy atom. The van der Waals surface area contributed by atoms with Gasteiger partial charge < -0.3 is 20.1 Å². The van der Waals surface area contributed by atoms with Gasteiger partial charge in [0.15, 0.2) is 11.5 Å². The van der Waals surface area contributed by atoms with Crippen molar-refractivity contribution >= 4 is 56.0 Å². The first-order chi connectivity index (χ1) is 30.5. The van der Waals surface area contributed by atoms with Crippen LogP contribution in [0.3, 0.4) is 0 Å². The van der Waals surface area contributed by atoms with E-state index in [1.807, 2.05) is 59.7 Å². The van der Waals surface area contributed by atoms with E-state index in [9.17, 15) is 23.1 Å². The predicted molar refractivity (Wildman–Crippen MR) is 259 cm³/mol. The second-order valence-electron chi connectivity index (χ2n) is 22.2. The molecule has 4 aromatic rings. The van der Waals surface area contributed by atoms with Gasteiger partial charge in [0.25, 0.3) is 0 Å². The number of esters is 1. The van der Waals surface area contributed by atoms with E-state index in [0.717, 1.165) is 19.1 Å². The van der Waals surface area contributed by atoms with E-state index in [1.54, 1.807) is 36.4 Å². The van der Waals surface area contributed by atoms with Gasteiger partial charge >= 0.3 is 5.97 Å². The molecule has 2 aliphatic carbocycles. The van der Waals surface area contributed by atoms with E-state index in [4.69, 9.17) is 14.8 Å². The molecule has 352 valence electrons. The Hall–Kier alpha value is -5.83. The first-order valence-corrected chi connectivity index (χ1v) is 24.6. The molecular formula is C51H65N7O7S. The van der Waals surface area contributed by atoms with Crippen molar-refractivity contribution in [2.45, 2.75) is 121 Å². The zero-order valence-corrected chi connectivity index (χ0v) is 41.5. The number of aromatic nitrogens is 4. The number of nitrogens with zero attached hydrogens (tertiary/aromatic N) is 4. The van der Waals surface area contributed by atoms with E-state index in [1.165, 1.54) is 4.63 Å². The first kappa shape index (κ1) is 48.1. The van der Waals surface area contributed by atoms with Crippen molar-refractivity contribution in [3.05, 3.63) is 94.0 Å². The number of rotatable bonds is 9. The molecule has 1 fully saturated rings. The number of H-pyrrole nitrogens is 1. The van der Waals surface area contributed by atoms with Crippen molar-refractivity contribution in [2.75, 3.05) is 11.0 Å². The molecule has 15 heteroatoms. The lowest BCUT2D eigenvalue weighted by atomic mass is 9.59. The van der Waals surface area contributed by atoms with E-state index in [2.05, 4.69) is 68.6 Å². The highest BCUT2D eigenvalue weighted by molar-refractivity contribution is 7.92. The predicted octanol–water partition coefficient (Wildman–Crippen LogP) is 9.58. The Balaban J connectivity index is 1.42. The molecule has 2 aromatic carbocycles. The van der Waals surface area contributed by atoms with Crippen LogP contribution in [0.5, 0.6) is 0 Å². The molecule has 1 amide bonds. The van der Waals surface area contributed by atoms with Crippen LogP contribution in [-0.2, 0) is 34.6 Å². The van der Waals surface area contributed by atoms with Gasteiger partial charge in [0.1, 0.15) is 23.3 Å². The number of fused-ring (bicyclic) bond motifs is 1. The van der Waals surface area contributed by atoms with Crippen molar-refractivity contribution < 1.29 is 32.6 Å². The van der Waals surface area contributed by atoms with Crippen LogP contribution in [0.4, 0.5) is 5.69 Å². The minimum absolute atomic E-state index is 0.00553. The van der Waals surface area contributed by atoms with Crippen LogP contribution in [0.15, 0.2) is 82.2 Å². The number of carbonyl (C=O) groups excluding carboxylic acids is 3. The van der Waals surface area contributed by atoms with Crippen molar-refractivity contribution in [1.82, 2.24) is 25.1 Å². The van der Waals surface area contributed by atoms with Crippen LogP contribution in [0.25, 0.3) is 28.2 Å². The number of sulfonamides is 1. The summed E-state index contributed by atoms with van der Waals surface area (Å²) in [5, 5.41) is 24.7. The fourth-order valence-electron chi connectivity index (χ4n) is 9.28. The van der Waals surface area contributed by atoms with E-state index >= 15 is 4.79 Å². The summed E-state index contributed by atoms with van der Waals surface area (Å²) < 4.78 is 34.2. The van der Waals surface area contributed by atoms with Crippen molar-refractivity contribution in [3.63, 3.8) is 0 Å². The van der Waals surface area contributed by atoms with Gasteiger partial charge in [-0.05, 0) is 65.8 Å². The minimum atomic E-state index is -3.49. The summed E-state index contributed by atoms with van der Waals surface area (Å²) in [5.41, 5.74) is 1.05. The number of aliphatic hydroxyl groups excluding tert-OH is 1. The quantitative estimate of drug-likeness (QED) is 0.0933. The van der Waals surface area contributed by atoms with Crippen LogP contribution in [0, 0.1) is 34.0 Å². The molecule has 7 rings (SSSR count). The zero-order chi connectivity index (χ0) is 48.6. The Morgan fingerprint density at radius 3 is 1.95 bits per heavy atom. The summed E-state index contributed by atoms with van der Waals surface area (Å²) in [6.07, 6.45) is 2.85. The maximum Gasteiger partial charge on any atom is 0.342 e. The molecular weight excluding hydrogens is 855 g/mol. The summed E-state index contributed by atoms with van der Waals surface area (Å²) in [4.78, 5) is 52.5. The van der Waals surface area contributed by atoms with Crippen molar-refractivity contribution in [3.8, 4) is 11.4 Å². The number of anilines is 1. The van der Waals surface area contributed by atoms with Gasteiger partial charge in [-0.3, -0.25) is 14.3 Å². The van der Waals surface area contributed by atoms with Crippen LogP contribution in [-0.4, -0.2) is 69.2 Å². The second kappa shape index (κ2) is 16.8. The molecule has 0 saturated heterocycles. The average Bonchev–Trinajstić information content (AvgIpc) is 3.90. The SMILES string of the molecule is CCC(C)(C)C(=O)NC1=N/C(=C2/C(=O)C(c3c(C(C)(C)C)nn4nc(-c5ccc(NS(C)(=O)=O)cc5)[nH]c34)=C2O)C(c2ccccc2)=C1C(=O)OC1C(C(C)(C)C)CC(C)CC1C(C)(C)C. The number of hydrogen-bond acceptors (Lipinski definition) is 10. The molecule has 2 aromatic heterocycles. The Bertz CT molecular complexity index is 2830. The van der Waals surface area contributed by atoms with Gasteiger partial charge in [-0.1, -0.05) is 120 Å². The maximum atomic E-state index is 15.3. The molecule has 0 spiro atoms. The topological polar surface area (TPSA) is 197 Å². The number of amidine groups is 1. The second-order valence-corrected chi connectivity index (χ2v) is 23.9. The molecule has 3 heterocycles. The van der Waals surface area contributed by atoms with Crippen LogP contribution < -0.4 is 10.0 Å².